The monoisotopic (exact) mass is 263 g/mol. The van der Waals surface area contributed by atoms with Crippen molar-refractivity contribution in [2.45, 2.75) is 32.0 Å². The van der Waals surface area contributed by atoms with Gasteiger partial charge in [0.1, 0.15) is 11.9 Å². The standard InChI is InChI=1S/C13H17N3O3/c1-9(17)8-10-2-4-11(5-3-10)13(19)12(18)6-7-15-16-14/h2-5,12-13,18-19H,6-8H2,1H3. The summed E-state index contributed by atoms with van der Waals surface area (Å²) in [4.78, 5) is 13.5. The molecule has 2 N–H and O–H groups in total. The minimum Gasteiger partial charge on any atom is -0.390 e. The predicted octanol–water partition coefficient (Wildman–Crippen LogP) is 1.91. The van der Waals surface area contributed by atoms with Gasteiger partial charge in [0.05, 0.1) is 6.10 Å². The minimum absolute atomic E-state index is 0.0719. The van der Waals surface area contributed by atoms with Gasteiger partial charge in [-0.1, -0.05) is 29.4 Å². The molecule has 0 bridgehead atoms. The van der Waals surface area contributed by atoms with Crippen molar-refractivity contribution >= 4 is 5.78 Å². The number of rotatable bonds is 7. The Morgan fingerprint density at radius 1 is 1.37 bits per heavy atom. The van der Waals surface area contributed by atoms with E-state index in [0.29, 0.717) is 12.0 Å². The third-order valence-electron chi connectivity index (χ3n) is 2.73. The van der Waals surface area contributed by atoms with Gasteiger partial charge < -0.3 is 10.2 Å². The van der Waals surface area contributed by atoms with Crippen LogP contribution in [0.2, 0.25) is 0 Å². The maximum Gasteiger partial charge on any atom is 0.134 e. The molecule has 6 heteroatoms. The minimum atomic E-state index is -1.03. The Morgan fingerprint density at radius 3 is 2.53 bits per heavy atom. The molecule has 0 aliphatic carbocycles. The quantitative estimate of drug-likeness (QED) is 0.445. The van der Waals surface area contributed by atoms with E-state index in [4.69, 9.17) is 5.53 Å². The first-order chi connectivity index (χ1) is 9.04. The fourth-order valence-electron chi connectivity index (χ4n) is 1.73. The second kappa shape index (κ2) is 7.53. The van der Waals surface area contributed by atoms with Crippen molar-refractivity contribution in [3.63, 3.8) is 0 Å². The molecule has 1 rings (SSSR count). The highest BCUT2D eigenvalue weighted by Gasteiger charge is 2.17. The summed E-state index contributed by atoms with van der Waals surface area (Å²) in [6.45, 7) is 1.65. The van der Waals surface area contributed by atoms with Gasteiger partial charge in [0.15, 0.2) is 0 Å². The first-order valence-electron chi connectivity index (χ1n) is 6.00. The number of hydrogen-bond donors (Lipinski definition) is 2. The molecule has 0 saturated carbocycles. The van der Waals surface area contributed by atoms with Gasteiger partial charge in [0.2, 0.25) is 0 Å². The molecule has 0 aliphatic heterocycles. The highest BCUT2D eigenvalue weighted by Crippen LogP contribution is 2.19. The summed E-state index contributed by atoms with van der Waals surface area (Å²) >= 11 is 0. The summed E-state index contributed by atoms with van der Waals surface area (Å²) in [7, 11) is 0. The zero-order chi connectivity index (χ0) is 14.3. The summed E-state index contributed by atoms with van der Waals surface area (Å²) < 4.78 is 0. The van der Waals surface area contributed by atoms with E-state index in [1.54, 1.807) is 24.3 Å². The number of ketones is 1. The number of Topliss-reactive ketones (excluding diaryl/α,β-unsaturated/α-hetero) is 1. The Kier molecular flexibility index (Phi) is 6.02. The van der Waals surface area contributed by atoms with E-state index in [1.807, 2.05) is 0 Å². The van der Waals surface area contributed by atoms with Crippen LogP contribution in [-0.2, 0) is 11.2 Å². The van der Waals surface area contributed by atoms with Crippen molar-refractivity contribution in [1.82, 2.24) is 0 Å². The lowest BCUT2D eigenvalue weighted by Crippen LogP contribution is -2.19. The first-order valence-corrected chi connectivity index (χ1v) is 6.00. The fraction of sp³-hybridized carbons (Fsp3) is 0.462. The van der Waals surface area contributed by atoms with Crippen LogP contribution in [0, 0.1) is 0 Å². The third-order valence-corrected chi connectivity index (χ3v) is 2.73. The SMILES string of the molecule is CC(=O)Cc1ccc(C(O)C(O)CCN=[N+]=[N-])cc1. The smallest absolute Gasteiger partial charge is 0.134 e. The number of nitrogens with zero attached hydrogens (tertiary/aromatic N) is 3. The molecule has 0 heterocycles. The summed E-state index contributed by atoms with van der Waals surface area (Å²) in [5.74, 6) is 0.0719. The van der Waals surface area contributed by atoms with Gasteiger partial charge in [-0.05, 0) is 30.0 Å². The maximum absolute atomic E-state index is 11.0. The van der Waals surface area contributed by atoms with Crippen molar-refractivity contribution in [2.24, 2.45) is 5.11 Å². The molecule has 0 amide bonds. The Hall–Kier alpha value is -1.88. The average molecular weight is 263 g/mol. The molecule has 0 saturated heterocycles. The molecule has 1 aromatic carbocycles. The Labute approximate surface area is 111 Å². The normalized spacial score (nSPS) is 13.4. The Bertz CT molecular complexity index is 467. The highest BCUT2D eigenvalue weighted by molar-refractivity contribution is 5.78. The van der Waals surface area contributed by atoms with Gasteiger partial charge in [-0.3, -0.25) is 4.79 Å². The van der Waals surface area contributed by atoms with Crippen molar-refractivity contribution < 1.29 is 15.0 Å². The van der Waals surface area contributed by atoms with Gasteiger partial charge in [-0.2, -0.15) is 0 Å². The number of carbonyl (C=O) groups is 1. The van der Waals surface area contributed by atoms with E-state index in [9.17, 15) is 15.0 Å². The summed E-state index contributed by atoms with van der Waals surface area (Å²) in [6, 6.07) is 6.86. The number of azide groups is 1. The summed E-state index contributed by atoms with van der Waals surface area (Å²) in [6.07, 6.45) is -1.46. The predicted molar refractivity (Wildman–Crippen MR) is 70.4 cm³/mol. The molecule has 0 radical (unpaired) electrons. The van der Waals surface area contributed by atoms with E-state index in [0.717, 1.165) is 5.56 Å². The van der Waals surface area contributed by atoms with E-state index in [-0.39, 0.29) is 18.7 Å². The van der Waals surface area contributed by atoms with Crippen molar-refractivity contribution in [1.29, 1.82) is 0 Å². The van der Waals surface area contributed by atoms with Crippen LogP contribution in [0.1, 0.15) is 30.6 Å². The van der Waals surface area contributed by atoms with Gasteiger partial charge >= 0.3 is 0 Å². The summed E-state index contributed by atoms with van der Waals surface area (Å²) in [5.41, 5.74) is 9.56. The van der Waals surface area contributed by atoms with E-state index < -0.39 is 12.2 Å². The largest absolute Gasteiger partial charge is 0.390 e. The lowest BCUT2D eigenvalue weighted by Gasteiger charge is -2.17. The lowest BCUT2D eigenvalue weighted by atomic mass is 9.99. The lowest BCUT2D eigenvalue weighted by molar-refractivity contribution is -0.116. The van der Waals surface area contributed by atoms with Gasteiger partial charge in [-0.25, -0.2) is 0 Å². The molecule has 0 fully saturated rings. The molecule has 2 unspecified atom stereocenters. The molecule has 2 atom stereocenters. The molecule has 1 aromatic rings. The first kappa shape index (κ1) is 15.2. The zero-order valence-electron chi connectivity index (χ0n) is 10.7. The Balaban J connectivity index is 2.63. The van der Waals surface area contributed by atoms with E-state index in [1.165, 1.54) is 6.92 Å². The molecule has 0 aromatic heterocycles. The van der Waals surface area contributed by atoms with Crippen molar-refractivity contribution in [3.8, 4) is 0 Å². The van der Waals surface area contributed by atoms with Crippen LogP contribution >= 0.6 is 0 Å². The third kappa shape index (κ3) is 5.09. The van der Waals surface area contributed by atoms with Crippen LogP contribution in [0.3, 0.4) is 0 Å². The molecular formula is C13H17N3O3. The zero-order valence-corrected chi connectivity index (χ0v) is 10.7. The van der Waals surface area contributed by atoms with Crippen LogP contribution in [-0.4, -0.2) is 28.6 Å². The second-order valence-corrected chi connectivity index (χ2v) is 4.38. The number of aliphatic hydroxyl groups excluding tert-OH is 2. The van der Waals surface area contributed by atoms with Gasteiger partial charge in [0, 0.05) is 17.9 Å². The topological polar surface area (TPSA) is 106 Å². The molecule has 0 aliphatic rings. The number of benzene rings is 1. The average Bonchev–Trinajstić information content (AvgIpc) is 2.38. The second-order valence-electron chi connectivity index (χ2n) is 4.38. The van der Waals surface area contributed by atoms with Crippen molar-refractivity contribution in [3.05, 3.63) is 45.8 Å². The molecule has 102 valence electrons. The molecule has 19 heavy (non-hydrogen) atoms. The number of aliphatic hydroxyl groups is 2. The van der Waals surface area contributed by atoms with Gasteiger partial charge in [0.25, 0.3) is 0 Å². The van der Waals surface area contributed by atoms with Crippen LogP contribution in [0.25, 0.3) is 10.4 Å². The molecule has 6 nitrogen and oxygen atoms in total. The van der Waals surface area contributed by atoms with E-state index in [2.05, 4.69) is 10.0 Å². The number of carbonyl (C=O) groups excluding carboxylic acids is 1. The van der Waals surface area contributed by atoms with Gasteiger partial charge in [-0.15, -0.1) is 0 Å². The van der Waals surface area contributed by atoms with Crippen LogP contribution < -0.4 is 0 Å². The van der Waals surface area contributed by atoms with Crippen LogP contribution in [0.15, 0.2) is 29.4 Å². The summed E-state index contributed by atoms with van der Waals surface area (Å²) in [5, 5.41) is 22.9. The van der Waals surface area contributed by atoms with Crippen molar-refractivity contribution in [2.75, 3.05) is 6.54 Å². The Morgan fingerprint density at radius 2 is 2.00 bits per heavy atom. The molecule has 0 spiro atoms. The van der Waals surface area contributed by atoms with Crippen LogP contribution in [0.5, 0.6) is 0 Å². The highest BCUT2D eigenvalue weighted by atomic mass is 16.3. The number of hydrogen-bond acceptors (Lipinski definition) is 4. The van der Waals surface area contributed by atoms with E-state index >= 15 is 0 Å². The van der Waals surface area contributed by atoms with Crippen LogP contribution in [0.4, 0.5) is 0 Å². The fourth-order valence-corrected chi connectivity index (χ4v) is 1.73. The maximum atomic E-state index is 11.0. The molecular weight excluding hydrogens is 246 g/mol.